The SMILES string of the molecule is CC(O)CC1(S(=O)(=O)c2cc(F)c3[nH]cc(C(=O)NCc4ccc(Cl)cc4)c(=O)c3c2)C=CC=N1. The van der Waals surface area contributed by atoms with E-state index >= 15 is 0 Å². The minimum Gasteiger partial charge on any atom is -0.393 e. The molecule has 1 aliphatic rings. The number of rotatable bonds is 7. The number of hydrogen-bond donors (Lipinski definition) is 3. The summed E-state index contributed by atoms with van der Waals surface area (Å²) in [5.41, 5.74) is -0.637. The highest BCUT2D eigenvalue weighted by molar-refractivity contribution is 7.93. The van der Waals surface area contributed by atoms with Crippen molar-refractivity contribution in [3.05, 3.63) is 86.9 Å². The average Bonchev–Trinajstić information content (AvgIpc) is 3.28. The van der Waals surface area contributed by atoms with Crippen LogP contribution in [0, 0.1) is 5.82 Å². The molecular weight excluding hydrogens is 497 g/mol. The highest BCUT2D eigenvalue weighted by Crippen LogP contribution is 2.36. The molecule has 1 aromatic heterocycles. The van der Waals surface area contributed by atoms with Crippen molar-refractivity contribution in [2.24, 2.45) is 4.99 Å². The van der Waals surface area contributed by atoms with Gasteiger partial charge in [-0.05, 0) is 48.9 Å². The predicted octanol–water partition coefficient (Wildman–Crippen LogP) is 3.13. The maximum absolute atomic E-state index is 14.9. The molecule has 2 aromatic carbocycles. The van der Waals surface area contributed by atoms with Gasteiger partial charge >= 0.3 is 0 Å². The molecule has 11 heteroatoms. The Morgan fingerprint density at radius 2 is 2.00 bits per heavy atom. The maximum atomic E-state index is 14.9. The van der Waals surface area contributed by atoms with Crippen LogP contribution >= 0.6 is 11.6 Å². The number of nitrogens with zero attached hydrogens (tertiary/aromatic N) is 1. The first-order chi connectivity index (χ1) is 16.5. The number of aromatic nitrogens is 1. The van der Waals surface area contributed by atoms with Crippen molar-refractivity contribution in [1.29, 1.82) is 0 Å². The van der Waals surface area contributed by atoms with Crippen molar-refractivity contribution in [2.45, 2.75) is 35.8 Å². The molecule has 0 aliphatic carbocycles. The molecule has 0 bridgehead atoms. The van der Waals surface area contributed by atoms with Crippen molar-refractivity contribution < 1.29 is 22.7 Å². The Bertz CT molecular complexity index is 1520. The normalized spacial score (nSPS) is 18.2. The summed E-state index contributed by atoms with van der Waals surface area (Å²) in [4.78, 5) is 30.0. The summed E-state index contributed by atoms with van der Waals surface area (Å²) in [5, 5.41) is 12.7. The Hall–Kier alpha value is -3.34. The summed E-state index contributed by atoms with van der Waals surface area (Å²) >= 11 is 5.85. The second-order valence-electron chi connectivity index (χ2n) is 8.21. The van der Waals surface area contributed by atoms with Crippen LogP contribution in [0.2, 0.25) is 5.02 Å². The quantitative estimate of drug-likeness (QED) is 0.443. The van der Waals surface area contributed by atoms with Crippen LogP contribution in [-0.4, -0.2) is 41.6 Å². The van der Waals surface area contributed by atoms with E-state index in [9.17, 15) is 27.5 Å². The van der Waals surface area contributed by atoms with Crippen LogP contribution in [0.5, 0.6) is 0 Å². The Kier molecular flexibility index (Phi) is 6.63. The molecule has 0 spiro atoms. The average molecular weight is 518 g/mol. The lowest BCUT2D eigenvalue weighted by atomic mass is 10.1. The van der Waals surface area contributed by atoms with E-state index in [-0.39, 0.29) is 29.4 Å². The van der Waals surface area contributed by atoms with E-state index in [2.05, 4.69) is 15.3 Å². The van der Waals surface area contributed by atoms with Gasteiger partial charge in [-0.1, -0.05) is 23.7 Å². The zero-order valence-corrected chi connectivity index (χ0v) is 20.0. The van der Waals surface area contributed by atoms with Crippen LogP contribution in [0.15, 0.2) is 69.4 Å². The van der Waals surface area contributed by atoms with Crippen LogP contribution in [0.25, 0.3) is 10.9 Å². The number of pyridine rings is 1. The first-order valence-corrected chi connectivity index (χ1v) is 12.4. The van der Waals surface area contributed by atoms with Crippen LogP contribution in [-0.2, 0) is 16.4 Å². The Morgan fingerprint density at radius 1 is 1.29 bits per heavy atom. The van der Waals surface area contributed by atoms with Gasteiger partial charge in [-0.2, -0.15) is 0 Å². The number of halogens is 2. The van der Waals surface area contributed by atoms with Gasteiger partial charge in [0.05, 0.1) is 21.9 Å². The van der Waals surface area contributed by atoms with E-state index < -0.39 is 42.9 Å². The van der Waals surface area contributed by atoms with Gasteiger partial charge in [0.25, 0.3) is 5.91 Å². The maximum Gasteiger partial charge on any atom is 0.257 e. The van der Waals surface area contributed by atoms with Crippen molar-refractivity contribution in [2.75, 3.05) is 0 Å². The van der Waals surface area contributed by atoms with Crippen molar-refractivity contribution >= 4 is 44.5 Å². The number of hydrogen-bond acceptors (Lipinski definition) is 6. The number of allylic oxidation sites excluding steroid dienone is 1. The highest BCUT2D eigenvalue weighted by atomic mass is 35.5. The van der Waals surface area contributed by atoms with E-state index in [1.165, 1.54) is 25.3 Å². The third kappa shape index (κ3) is 4.64. The number of carbonyl (C=O) groups is 1. The Morgan fingerprint density at radius 3 is 2.63 bits per heavy atom. The number of benzene rings is 2. The number of aliphatic hydroxyl groups is 1. The van der Waals surface area contributed by atoms with Gasteiger partial charge in [0.1, 0.15) is 11.4 Å². The third-order valence-corrected chi connectivity index (χ3v) is 8.07. The molecule has 0 saturated carbocycles. The van der Waals surface area contributed by atoms with E-state index in [0.29, 0.717) is 5.02 Å². The van der Waals surface area contributed by atoms with Gasteiger partial charge in [0.15, 0.2) is 4.87 Å². The third-order valence-electron chi connectivity index (χ3n) is 5.62. The van der Waals surface area contributed by atoms with Gasteiger partial charge in [0.2, 0.25) is 15.3 Å². The lowest BCUT2D eigenvalue weighted by Crippen LogP contribution is -2.37. The number of aliphatic imine (C=N–C) groups is 1. The monoisotopic (exact) mass is 517 g/mol. The summed E-state index contributed by atoms with van der Waals surface area (Å²) in [6.07, 6.45) is 3.82. The summed E-state index contributed by atoms with van der Waals surface area (Å²) in [5.74, 6) is -1.70. The number of H-pyrrole nitrogens is 1. The van der Waals surface area contributed by atoms with Crippen LogP contribution in [0.4, 0.5) is 4.39 Å². The van der Waals surface area contributed by atoms with Gasteiger partial charge in [-0.3, -0.25) is 14.6 Å². The van der Waals surface area contributed by atoms with Crippen molar-refractivity contribution in [1.82, 2.24) is 10.3 Å². The number of fused-ring (bicyclic) bond motifs is 1. The fraction of sp³-hybridized carbons (Fsp3) is 0.208. The van der Waals surface area contributed by atoms with Gasteiger partial charge in [-0.15, -0.1) is 0 Å². The van der Waals surface area contributed by atoms with Crippen molar-refractivity contribution in [3.8, 4) is 0 Å². The number of sulfone groups is 1. The first kappa shape index (κ1) is 24.8. The highest BCUT2D eigenvalue weighted by Gasteiger charge is 2.44. The lowest BCUT2D eigenvalue weighted by molar-refractivity contribution is 0.0949. The molecule has 0 saturated heterocycles. The number of carbonyl (C=O) groups excluding carboxylic acids is 1. The summed E-state index contributed by atoms with van der Waals surface area (Å²) in [7, 11) is -4.36. The Labute approximate surface area is 205 Å². The smallest absolute Gasteiger partial charge is 0.257 e. The second kappa shape index (κ2) is 9.37. The fourth-order valence-corrected chi connectivity index (χ4v) is 5.87. The molecule has 2 heterocycles. The minimum absolute atomic E-state index is 0.114. The van der Waals surface area contributed by atoms with Crippen molar-refractivity contribution in [3.63, 3.8) is 0 Å². The molecule has 35 heavy (non-hydrogen) atoms. The molecule has 1 aliphatic heterocycles. The van der Waals surface area contributed by atoms with E-state index in [4.69, 9.17) is 11.6 Å². The zero-order chi connectivity index (χ0) is 25.4. The van der Waals surface area contributed by atoms with E-state index in [1.807, 2.05) is 0 Å². The molecule has 4 rings (SSSR count). The van der Waals surface area contributed by atoms with Gasteiger partial charge in [-0.25, -0.2) is 12.8 Å². The van der Waals surface area contributed by atoms with Crippen LogP contribution in [0.1, 0.15) is 29.3 Å². The molecular formula is C24H21ClFN3O5S. The standard InChI is InChI=1S/C24H21ClFN3O5S/c1-14(30)11-24(7-2-8-29-24)35(33,34)17-9-18-21(20(26)10-17)27-13-19(22(18)31)23(32)28-12-15-3-5-16(25)6-4-15/h2-10,13-14,30H,11-12H2,1H3,(H,27,31)(H,28,32). The number of aromatic amines is 1. The largest absolute Gasteiger partial charge is 0.393 e. The topological polar surface area (TPSA) is 129 Å². The molecule has 0 fully saturated rings. The first-order valence-electron chi connectivity index (χ1n) is 10.6. The zero-order valence-electron chi connectivity index (χ0n) is 18.5. The second-order valence-corrected chi connectivity index (χ2v) is 10.8. The predicted molar refractivity (Wildman–Crippen MR) is 131 cm³/mol. The van der Waals surface area contributed by atoms with Gasteiger partial charge in [0, 0.05) is 30.4 Å². The van der Waals surface area contributed by atoms with Gasteiger partial charge < -0.3 is 15.4 Å². The summed E-state index contributed by atoms with van der Waals surface area (Å²) in [6.45, 7) is 1.53. The molecule has 2 unspecified atom stereocenters. The molecule has 2 atom stereocenters. The fourth-order valence-electron chi connectivity index (χ4n) is 3.89. The molecule has 3 N–H and O–H groups in total. The molecule has 1 amide bonds. The van der Waals surface area contributed by atoms with E-state index in [1.54, 1.807) is 24.3 Å². The minimum atomic E-state index is -4.36. The van der Waals surface area contributed by atoms with Crippen LogP contribution in [0.3, 0.4) is 0 Å². The number of aliphatic hydroxyl groups excluding tert-OH is 1. The van der Waals surface area contributed by atoms with Crippen LogP contribution < -0.4 is 10.7 Å². The molecule has 0 radical (unpaired) electrons. The molecule has 3 aromatic rings. The summed E-state index contributed by atoms with van der Waals surface area (Å²) in [6, 6.07) is 8.55. The Balaban J connectivity index is 1.73. The molecule has 182 valence electrons. The summed E-state index contributed by atoms with van der Waals surface area (Å²) < 4.78 is 41.8. The number of amides is 1. The van der Waals surface area contributed by atoms with E-state index in [0.717, 1.165) is 23.9 Å². The number of nitrogens with one attached hydrogen (secondary N) is 2. The lowest BCUT2D eigenvalue weighted by Gasteiger charge is -2.26. The molecule has 8 nitrogen and oxygen atoms in total.